The lowest BCUT2D eigenvalue weighted by Gasteiger charge is -2.40. The minimum absolute atomic E-state index is 0.0129. The monoisotopic (exact) mass is 228 g/mol. The Bertz CT molecular complexity index is 206. The second kappa shape index (κ2) is 5.99. The van der Waals surface area contributed by atoms with Gasteiger partial charge < -0.3 is 15.0 Å². The third-order valence-corrected chi connectivity index (χ3v) is 3.50. The SMILES string of the molecule is CCOC(C)(C)CN1CCC(NC)C(C)C1. The molecule has 0 saturated carbocycles. The number of hydrogen-bond acceptors (Lipinski definition) is 3. The summed E-state index contributed by atoms with van der Waals surface area (Å²) in [6.45, 7) is 13.0. The van der Waals surface area contributed by atoms with E-state index in [1.807, 2.05) is 0 Å². The molecule has 0 aromatic rings. The highest BCUT2D eigenvalue weighted by Crippen LogP contribution is 2.20. The molecule has 0 aliphatic carbocycles. The molecule has 1 aliphatic rings. The smallest absolute Gasteiger partial charge is 0.0752 e. The van der Waals surface area contributed by atoms with E-state index in [0.29, 0.717) is 6.04 Å². The van der Waals surface area contributed by atoms with Crippen LogP contribution in [0.1, 0.15) is 34.1 Å². The van der Waals surface area contributed by atoms with Crippen molar-refractivity contribution < 1.29 is 4.74 Å². The summed E-state index contributed by atoms with van der Waals surface area (Å²) in [5.41, 5.74) is -0.0129. The Labute approximate surface area is 101 Å². The number of rotatable bonds is 5. The first-order valence-corrected chi connectivity index (χ1v) is 6.52. The summed E-state index contributed by atoms with van der Waals surface area (Å²) in [6.07, 6.45) is 1.25. The quantitative estimate of drug-likeness (QED) is 0.775. The maximum Gasteiger partial charge on any atom is 0.0752 e. The second-order valence-electron chi connectivity index (χ2n) is 5.59. The van der Waals surface area contributed by atoms with Crippen LogP contribution in [0.15, 0.2) is 0 Å². The van der Waals surface area contributed by atoms with E-state index < -0.39 is 0 Å². The van der Waals surface area contributed by atoms with Crippen molar-refractivity contribution in [2.24, 2.45) is 5.92 Å². The summed E-state index contributed by atoms with van der Waals surface area (Å²) in [4.78, 5) is 2.54. The van der Waals surface area contributed by atoms with E-state index in [2.05, 4.69) is 45.0 Å². The van der Waals surface area contributed by atoms with Crippen molar-refractivity contribution in [3.05, 3.63) is 0 Å². The topological polar surface area (TPSA) is 24.5 Å². The van der Waals surface area contributed by atoms with Crippen LogP contribution in [0.5, 0.6) is 0 Å². The summed E-state index contributed by atoms with van der Waals surface area (Å²) in [5, 5.41) is 3.40. The van der Waals surface area contributed by atoms with Crippen LogP contribution in [-0.4, -0.2) is 49.8 Å². The molecule has 3 nitrogen and oxygen atoms in total. The van der Waals surface area contributed by atoms with E-state index in [1.54, 1.807) is 0 Å². The maximum absolute atomic E-state index is 5.76. The molecule has 0 aromatic heterocycles. The average Bonchev–Trinajstić information content (AvgIpc) is 2.17. The Kier molecular flexibility index (Phi) is 5.22. The summed E-state index contributed by atoms with van der Waals surface area (Å²) in [7, 11) is 2.07. The molecule has 1 N–H and O–H groups in total. The number of nitrogens with one attached hydrogen (secondary N) is 1. The Balaban J connectivity index is 2.40. The average molecular weight is 228 g/mol. The fourth-order valence-electron chi connectivity index (χ4n) is 2.78. The van der Waals surface area contributed by atoms with E-state index in [4.69, 9.17) is 4.74 Å². The predicted molar refractivity (Wildman–Crippen MR) is 68.8 cm³/mol. The van der Waals surface area contributed by atoms with Gasteiger partial charge in [-0.15, -0.1) is 0 Å². The van der Waals surface area contributed by atoms with Crippen molar-refractivity contribution in [1.82, 2.24) is 10.2 Å². The largest absolute Gasteiger partial charge is 0.375 e. The summed E-state index contributed by atoms with van der Waals surface area (Å²) in [5.74, 6) is 0.733. The number of likely N-dealkylation sites (tertiary alicyclic amines) is 1. The van der Waals surface area contributed by atoms with Crippen LogP contribution >= 0.6 is 0 Å². The molecule has 96 valence electrons. The van der Waals surface area contributed by atoms with Gasteiger partial charge in [-0.25, -0.2) is 0 Å². The fraction of sp³-hybridized carbons (Fsp3) is 1.00. The van der Waals surface area contributed by atoms with Crippen LogP contribution in [-0.2, 0) is 4.74 Å². The third-order valence-electron chi connectivity index (χ3n) is 3.50. The number of piperidine rings is 1. The van der Waals surface area contributed by atoms with Gasteiger partial charge in [0.15, 0.2) is 0 Å². The molecule has 0 amide bonds. The number of hydrogen-bond donors (Lipinski definition) is 1. The van der Waals surface area contributed by atoms with E-state index in [-0.39, 0.29) is 5.60 Å². The fourth-order valence-corrected chi connectivity index (χ4v) is 2.78. The highest BCUT2D eigenvalue weighted by Gasteiger charge is 2.29. The zero-order valence-corrected chi connectivity index (χ0v) is 11.5. The van der Waals surface area contributed by atoms with Gasteiger partial charge in [0.1, 0.15) is 0 Å². The van der Waals surface area contributed by atoms with Crippen molar-refractivity contribution in [3.63, 3.8) is 0 Å². The first kappa shape index (κ1) is 13.9. The van der Waals surface area contributed by atoms with Crippen LogP contribution in [0.25, 0.3) is 0 Å². The minimum Gasteiger partial charge on any atom is -0.375 e. The molecule has 1 heterocycles. The van der Waals surface area contributed by atoms with Crippen LogP contribution in [0.2, 0.25) is 0 Å². The van der Waals surface area contributed by atoms with Gasteiger partial charge in [0.2, 0.25) is 0 Å². The summed E-state index contributed by atoms with van der Waals surface area (Å²) in [6, 6.07) is 0.687. The van der Waals surface area contributed by atoms with Gasteiger partial charge in [0, 0.05) is 25.7 Å². The van der Waals surface area contributed by atoms with E-state index in [9.17, 15) is 0 Å². The molecule has 1 aliphatic heterocycles. The first-order chi connectivity index (χ1) is 7.48. The molecule has 2 unspecified atom stereocenters. The first-order valence-electron chi connectivity index (χ1n) is 6.52. The van der Waals surface area contributed by atoms with Crippen LogP contribution in [0.3, 0.4) is 0 Å². The Hall–Kier alpha value is -0.120. The standard InChI is InChI=1S/C13H28N2O/c1-6-16-13(3,4)10-15-8-7-12(14-5)11(2)9-15/h11-12,14H,6-10H2,1-5H3. The van der Waals surface area contributed by atoms with Gasteiger partial charge in [0.25, 0.3) is 0 Å². The number of ether oxygens (including phenoxy) is 1. The van der Waals surface area contributed by atoms with Crippen molar-refractivity contribution in [2.45, 2.75) is 45.8 Å². The Morgan fingerprint density at radius 3 is 2.62 bits per heavy atom. The summed E-state index contributed by atoms with van der Waals surface area (Å²) < 4.78 is 5.76. The zero-order valence-electron chi connectivity index (χ0n) is 11.5. The van der Waals surface area contributed by atoms with Crippen molar-refractivity contribution >= 4 is 0 Å². The lowest BCUT2D eigenvalue weighted by molar-refractivity contribution is -0.0420. The highest BCUT2D eigenvalue weighted by atomic mass is 16.5. The molecule has 0 spiro atoms. The van der Waals surface area contributed by atoms with Crippen LogP contribution in [0, 0.1) is 5.92 Å². The number of nitrogens with zero attached hydrogens (tertiary/aromatic N) is 1. The molecule has 3 heteroatoms. The van der Waals surface area contributed by atoms with Gasteiger partial charge in [-0.1, -0.05) is 6.92 Å². The molecular weight excluding hydrogens is 200 g/mol. The molecule has 1 saturated heterocycles. The van der Waals surface area contributed by atoms with Crippen molar-refractivity contribution in [3.8, 4) is 0 Å². The normalized spacial score (nSPS) is 28.3. The van der Waals surface area contributed by atoms with E-state index in [1.165, 1.54) is 19.5 Å². The van der Waals surface area contributed by atoms with Crippen LogP contribution in [0.4, 0.5) is 0 Å². The predicted octanol–water partition coefficient (Wildman–Crippen LogP) is 1.73. The van der Waals surface area contributed by atoms with Gasteiger partial charge in [-0.3, -0.25) is 0 Å². The lowest BCUT2D eigenvalue weighted by Crippen LogP contribution is -2.51. The Morgan fingerprint density at radius 1 is 1.44 bits per heavy atom. The molecule has 0 radical (unpaired) electrons. The molecule has 0 bridgehead atoms. The maximum atomic E-state index is 5.76. The molecule has 0 aromatic carbocycles. The van der Waals surface area contributed by atoms with Crippen molar-refractivity contribution in [1.29, 1.82) is 0 Å². The van der Waals surface area contributed by atoms with Crippen molar-refractivity contribution in [2.75, 3.05) is 33.3 Å². The minimum atomic E-state index is -0.0129. The molecule has 1 fully saturated rings. The second-order valence-corrected chi connectivity index (χ2v) is 5.59. The van der Waals surface area contributed by atoms with Crippen LogP contribution < -0.4 is 5.32 Å². The lowest BCUT2D eigenvalue weighted by atomic mass is 9.93. The molecule has 2 atom stereocenters. The molecular formula is C13H28N2O. The molecule has 1 rings (SSSR count). The molecule has 16 heavy (non-hydrogen) atoms. The van der Waals surface area contributed by atoms with E-state index >= 15 is 0 Å². The van der Waals surface area contributed by atoms with Gasteiger partial charge in [0.05, 0.1) is 5.60 Å². The van der Waals surface area contributed by atoms with Gasteiger partial charge >= 0.3 is 0 Å². The Morgan fingerprint density at radius 2 is 2.12 bits per heavy atom. The van der Waals surface area contributed by atoms with Gasteiger partial charge in [-0.05, 0) is 46.7 Å². The highest BCUT2D eigenvalue weighted by molar-refractivity contribution is 4.85. The van der Waals surface area contributed by atoms with Gasteiger partial charge in [-0.2, -0.15) is 0 Å². The zero-order chi connectivity index (χ0) is 12.2. The third kappa shape index (κ3) is 4.04. The summed E-state index contributed by atoms with van der Waals surface area (Å²) >= 11 is 0. The van der Waals surface area contributed by atoms with E-state index in [0.717, 1.165) is 19.1 Å².